The van der Waals surface area contributed by atoms with E-state index in [9.17, 15) is 4.79 Å². The second-order valence-electron chi connectivity index (χ2n) is 4.41. The topological polar surface area (TPSA) is 96.7 Å². The molecule has 0 aromatic carbocycles. The van der Waals surface area contributed by atoms with Crippen LogP contribution in [0.2, 0.25) is 0 Å². The fourth-order valence-corrected chi connectivity index (χ4v) is 1.85. The number of oxime groups is 1. The Morgan fingerprint density at radius 1 is 1.72 bits per heavy atom. The van der Waals surface area contributed by atoms with Gasteiger partial charge in [-0.1, -0.05) is 5.16 Å². The van der Waals surface area contributed by atoms with Crippen molar-refractivity contribution in [3.8, 4) is 0 Å². The molecule has 1 amide bonds. The minimum Gasteiger partial charge on any atom is -0.409 e. The van der Waals surface area contributed by atoms with Crippen LogP contribution in [0.15, 0.2) is 17.4 Å². The van der Waals surface area contributed by atoms with Crippen molar-refractivity contribution in [3.63, 3.8) is 0 Å². The zero-order valence-corrected chi connectivity index (χ0v) is 10.3. The first kappa shape index (κ1) is 12.4. The highest BCUT2D eigenvalue weighted by Gasteiger charge is 2.33. The summed E-state index contributed by atoms with van der Waals surface area (Å²) >= 11 is 0. The van der Waals surface area contributed by atoms with Gasteiger partial charge in [0.2, 0.25) is 0 Å². The van der Waals surface area contributed by atoms with Gasteiger partial charge in [0.05, 0.1) is 0 Å². The van der Waals surface area contributed by atoms with Gasteiger partial charge >= 0.3 is 0 Å². The number of aryl methyl sites for hydroxylation is 1. The Labute approximate surface area is 105 Å². The molecule has 0 atom stereocenters. The zero-order chi connectivity index (χ0) is 13.1. The van der Waals surface area contributed by atoms with Crippen molar-refractivity contribution in [2.45, 2.75) is 25.3 Å². The first-order valence-electron chi connectivity index (χ1n) is 5.89. The molecule has 0 unspecified atom stereocenters. The van der Waals surface area contributed by atoms with Crippen LogP contribution in [0.3, 0.4) is 0 Å². The lowest BCUT2D eigenvalue weighted by molar-refractivity contribution is 0.0736. The van der Waals surface area contributed by atoms with Gasteiger partial charge in [-0.2, -0.15) is 5.10 Å². The Morgan fingerprint density at radius 3 is 2.94 bits per heavy atom. The number of hydrogen-bond acceptors (Lipinski definition) is 4. The maximum absolute atomic E-state index is 12.3. The minimum absolute atomic E-state index is 0.0526. The molecule has 0 radical (unpaired) electrons. The van der Waals surface area contributed by atoms with Crippen molar-refractivity contribution in [1.82, 2.24) is 14.7 Å². The summed E-state index contributed by atoms with van der Waals surface area (Å²) in [6, 6.07) is 1.97. The smallest absolute Gasteiger partial charge is 0.272 e. The third kappa shape index (κ3) is 2.61. The number of nitrogens with two attached hydrogens (primary N) is 1. The molecule has 1 saturated carbocycles. The molecule has 1 aromatic heterocycles. The van der Waals surface area contributed by atoms with Crippen LogP contribution in [0, 0.1) is 0 Å². The van der Waals surface area contributed by atoms with Crippen LogP contribution in [-0.2, 0) is 7.05 Å². The maximum atomic E-state index is 12.3. The van der Waals surface area contributed by atoms with Gasteiger partial charge in [-0.25, -0.2) is 0 Å². The molecular formula is C11H17N5O2. The molecule has 1 aliphatic rings. The molecule has 3 N–H and O–H groups in total. The van der Waals surface area contributed by atoms with Crippen LogP contribution in [0.25, 0.3) is 0 Å². The van der Waals surface area contributed by atoms with Gasteiger partial charge < -0.3 is 15.8 Å². The van der Waals surface area contributed by atoms with Gasteiger partial charge in [0.25, 0.3) is 5.91 Å². The highest BCUT2D eigenvalue weighted by Crippen LogP contribution is 2.28. The molecule has 0 bridgehead atoms. The van der Waals surface area contributed by atoms with E-state index in [1.165, 1.54) is 0 Å². The number of aromatic nitrogens is 2. The van der Waals surface area contributed by atoms with Gasteiger partial charge in [-0.3, -0.25) is 9.48 Å². The molecule has 1 fully saturated rings. The molecule has 2 rings (SSSR count). The van der Waals surface area contributed by atoms with E-state index in [1.807, 2.05) is 0 Å². The van der Waals surface area contributed by atoms with E-state index in [2.05, 4.69) is 10.3 Å². The van der Waals surface area contributed by atoms with Gasteiger partial charge in [0, 0.05) is 32.3 Å². The lowest BCUT2D eigenvalue weighted by Gasteiger charge is -2.22. The number of carbonyl (C=O) groups is 1. The van der Waals surface area contributed by atoms with E-state index in [0.717, 1.165) is 12.8 Å². The monoisotopic (exact) mass is 251 g/mol. The van der Waals surface area contributed by atoms with Crippen LogP contribution in [-0.4, -0.2) is 44.2 Å². The van der Waals surface area contributed by atoms with Gasteiger partial charge in [-0.05, 0) is 18.9 Å². The van der Waals surface area contributed by atoms with E-state index in [-0.39, 0.29) is 17.8 Å². The molecular weight excluding hydrogens is 234 g/mol. The van der Waals surface area contributed by atoms with Crippen LogP contribution < -0.4 is 5.73 Å². The Hall–Kier alpha value is -2.05. The van der Waals surface area contributed by atoms with Gasteiger partial charge in [0.1, 0.15) is 11.5 Å². The lowest BCUT2D eigenvalue weighted by Crippen LogP contribution is -2.36. The molecule has 7 heteroatoms. The summed E-state index contributed by atoms with van der Waals surface area (Å²) < 4.78 is 1.56. The molecule has 98 valence electrons. The summed E-state index contributed by atoms with van der Waals surface area (Å²) in [6.07, 6.45) is 4.00. The molecule has 0 spiro atoms. The average molecular weight is 251 g/mol. The largest absolute Gasteiger partial charge is 0.409 e. The Balaban J connectivity index is 2.06. The Morgan fingerprint density at radius 2 is 2.44 bits per heavy atom. The number of carbonyl (C=O) groups excluding carboxylic acids is 1. The normalized spacial score (nSPS) is 15.7. The Kier molecular flexibility index (Phi) is 3.50. The summed E-state index contributed by atoms with van der Waals surface area (Å²) in [4.78, 5) is 14.1. The number of hydrogen-bond donors (Lipinski definition) is 2. The predicted molar refractivity (Wildman–Crippen MR) is 65.3 cm³/mol. The second kappa shape index (κ2) is 5.07. The van der Waals surface area contributed by atoms with Crippen LogP contribution in [0.4, 0.5) is 0 Å². The number of amidine groups is 1. The molecule has 1 aromatic rings. The molecule has 0 saturated heterocycles. The standard InChI is InChI=1S/C11H17N5O2/c1-15-9(4-6-13-15)11(17)16(8-2-3-8)7-5-10(12)14-18/h4,6,8,18H,2-3,5,7H2,1H3,(H2,12,14). The molecule has 1 aliphatic carbocycles. The third-order valence-corrected chi connectivity index (χ3v) is 3.03. The second-order valence-corrected chi connectivity index (χ2v) is 4.41. The van der Waals surface area contributed by atoms with Crippen molar-refractivity contribution in [1.29, 1.82) is 0 Å². The van der Waals surface area contributed by atoms with E-state index in [4.69, 9.17) is 10.9 Å². The molecule has 18 heavy (non-hydrogen) atoms. The highest BCUT2D eigenvalue weighted by atomic mass is 16.4. The summed E-state index contributed by atoms with van der Waals surface area (Å²) in [5.41, 5.74) is 5.99. The van der Waals surface area contributed by atoms with Crippen LogP contribution >= 0.6 is 0 Å². The fourth-order valence-electron chi connectivity index (χ4n) is 1.85. The quantitative estimate of drug-likeness (QED) is 0.337. The zero-order valence-electron chi connectivity index (χ0n) is 10.3. The van der Waals surface area contributed by atoms with Crippen LogP contribution in [0.5, 0.6) is 0 Å². The number of nitrogens with zero attached hydrogens (tertiary/aromatic N) is 4. The first-order chi connectivity index (χ1) is 8.63. The first-order valence-corrected chi connectivity index (χ1v) is 5.89. The highest BCUT2D eigenvalue weighted by molar-refractivity contribution is 5.93. The Bertz CT molecular complexity index is 464. The lowest BCUT2D eigenvalue weighted by atomic mass is 10.3. The van der Waals surface area contributed by atoms with E-state index < -0.39 is 0 Å². The van der Waals surface area contributed by atoms with E-state index in [1.54, 1.807) is 28.9 Å². The minimum atomic E-state index is -0.0526. The van der Waals surface area contributed by atoms with Crippen LogP contribution in [0.1, 0.15) is 29.8 Å². The van der Waals surface area contributed by atoms with Gasteiger partial charge in [-0.15, -0.1) is 0 Å². The summed E-state index contributed by atoms with van der Waals surface area (Å²) in [7, 11) is 1.74. The van der Waals surface area contributed by atoms with Crippen molar-refractivity contribution in [2.24, 2.45) is 17.9 Å². The third-order valence-electron chi connectivity index (χ3n) is 3.03. The summed E-state index contributed by atoms with van der Waals surface area (Å²) in [5.74, 6) is 0.0849. The van der Waals surface area contributed by atoms with Crippen molar-refractivity contribution in [2.75, 3.05) is 6.54 Å². The average Bonchev–Trinajstić information content (AvgIpc) is 3.10. The van der Waals surface area contributed by atoms with Crippen molar-refractivity contribution < 1.29 is 10.0 Å². The van der Waals surface area contributed by atoms with Crippen molar-refractivity contribution >= 4 is 11.7 Å². The number of amides is 1. The van der Waals surface area contributed by atoms with Gasteiger partial charge in [0.15, 0.2) is 0 Å². The summed E-state index contributed by atoms with van der Waals surface area (Å²) in [6.45, 7) is 0.463. The van der Waals surface area contributed by atoms with Crippen molar-refractivity contribution in [3.05, 3.63) is 18.0 Å². The predicted octanol–water partition coefficient (Wildman–Crippen LogP) is 0.161. The molecule has 1 heterocycles. The maximum Gasteiger partial charge on any atom is 0.272 e. The SMILES string of the molecule is Cn1nccc1C(=O)N(CCC(N)=NO)C1CC1. The fraction of sp³-hybridized carbons (Fsp3) is 0.545. The number of rotatable bonds is 5. The summed E-state index contributed by atoms with van der Waals surface area (Å²) in [5, 5.41) is 15.4. The van der Waals surface area contributed by atoms with E-state index in [0.29, 0.717) is 18.7 Å². The van der Waals surface area contributed by atoms with E-state index >= 15 is 0 Å². The molecule has 7 nitrogen and oxygen atoms in total. The molecule has 0 aliphatic heterocycles.